The van der Waals surface area contributed by atoms with Gasteiger partial charge in [0.1, 0.15) is 21.7 Å². The maximum absolute atomic E-state index is 13.0. The van der Waals surface area contributed by atoms with E-state index in [0.717, 1.165) is 16.9 Å². The second kappa shape index (κ2) is 11.6. The lowest BCUT2D eigenvalue weighted by Gasteiger charge is -2.29. The lowest BCUT2D eigenvalue weighted by molar-refractivity contribution is -0.159. The molecule has 0 N–H and O–H groups in total. The van der Waals surface area contributed by atoms with Crippen molar-refractivity contribution < 1.29 is 28.6 Å². The molecule has 0 unspecified atom stereocenters. The molecule has 2 rings (SSSR count). The van der Waals surface area contributed by atoms with Crippen LogP contribution in [-0.2, 0) is 29.3 Å². The summed E-state index contributed by atoms with van der Waals surface area (Å²) in [5, 5.41) is 1.84. The monoisotopic (exact) mass is 502 g/mol. The summed E-state index contributed by atoms with van der Waals surface area (Å²) in [5.74, 6) is -1.70. The first-order valence-electron chi connectivity index (χ1n) is 11.4. The zero-order valence-electron chi connectivity index (χ0n) is 21.4. The van der Waals surface area contributed by atoms with E-state index in [4.69, 9.17) is 19.2 Å². The number of hydrogen-bond donors (Lipinski definition) is 0. The number of carbonyl (C=O) groups is 3. The molecule has 0 spiro atoms. The highest BCUT2D eigenvalue weighted by Crippen LogP contribution is 2.38. The van der Waals surface area contributed by atoms with Crippen molar-refractivity contribution in [1.82, 2.24) is 4.98 Å². The number of ether oxygens (including phenoxy) is 3. The van der Waals surface area contributed by atoms with Gasteiger partial charge in [-0.3, -0.25) is 14.6 Å². The van der Waals surface area contributed by atoms with Crippen molar-refractivity contribution in [3.63, 3.8) is 0 Å². The molecule has 0 saturated heterocycles. The van der Waals surface area contributed by atoms with Crippen molar-refractivity contribution in [3.05, 3.63) is 52.0 Å². The zero-order valence-corrected chi connectivity index (χ0v) is 22.2. The van der Waals surface area contributed by atoms with Gasteiger partial charge in [-0.2, -0.15) is 0 Å². The lowest BCUT2D eigenvalue weighted by atomic mass is 9.91. The van der Waals surface area contributed by atoms with Crippen molar-refractivity contribution in [2.24, 2.45) is 4.99 Å². The Morgan fingerprint density at radius 2 is 1.49 bits per heavy atom. The van der Waals surface area contributed by atoms with E-state index in [0.29, 0.717) is 5.01 Å². The first-order chi connectivity index (χ1) is 16.2. The number of aliphatic imine (C=N–C) groups is 1. The van der Waals surface area contributed by atoms with Crippen molar-refractivity contribution >= 4 is 35.5 Å². The van der Waals surface area contributed by atoms with Crippen LogP contribution in [0.4, 0.5) is 0 Å². The first kappa shape index (κ1) is 28.2. The first-order valence-corrected chi connectivity index (χ1v) is 12.3. The van der Waals surface area contributed by atoms with Crippen LogP contribution in [0.3, 0.4) is 0 Å². The van der Waals surface area contributed by atoms with E-state index in [9.17, 15) is 14.4 Å². The van der Waals surface area contributed by atoms with Crippen LogP contribution in [0.25, 0.3) is 0 Å². The van der Waals surface area contributed by atoms with Gasteiger partial charge in [-0.25, -0.2) is 9.78 Å². The molecule has 0 amide bonds. The van der Waals surface area contributed by atoms with Crippen molar-refractivity contribution in [2.75, 3.05) is 6.61 Å². The van der Waals surface area contributed by atoms with E-state index in [-0.39, 0.29) is 25.1 Å². The molecule has 0 saturated carbocycles. The van der Waals surface area contributed by atoms with Crippen molar-refractivity contribution in [3.8, 4) is 0 Å². The average molecular weight is 503 g/mol. The summed E-state index contributed by atoms with van der Waals surface area (Å²) in [7, 11) is 0. The average Bonchev–Trinajstić information content (AvgIpc) is 3.21. The number of rotatable bonds is 9. The molecule has 0 aliphatic rings. The van der Waals surface area contributed by atoms with E-state index in [1.54, 1.807) is 54.7 Å². The highest BCUT2D eigenvalue weighted by atomic mass is 32.1. The molecule has 0 atom stereocenters. The van der Waals surface area contributed by atoms with E-state index in [2.05, 4.69) is 4.98 Å². The van der Waals surface area contributed by atoms with Gasteiger partial charge in [0.25, 0.3) is 0 Å². The van der Waals surface area contributed by atoms with Gasteiger partial charge in [-0.05, 0) is 54.0 Å². The molecule has 190 valence electrons. The Hall–Kier alpha value is -3.07. The molecule has 8 nitrogen and oxygen atoms in total. The molecule has 1 aromatic carbocycles. The van der Waals surface area contributed by atoms with Crippen LogP contribution >= 0.6 is 11.3 Å². The number of thiazole rings is 1. The third-order valence-electron chi connectivity index (χ3n) is 4.36. The quantitative estimate of drug-likeness (QED) is 0.267. The van der Waals surface area contributed by atoms with Gasteiger partial charge in [0.15, 0.2) is 5.69 Å². The molecular formula is C26H34N2O6S. The molecule has 0 fully saturated rings. The summed E-state index contributed by atoms with van der Waals surface area (Å²) < 4.78 is 16.2. The largest absolute Gasteiger partial charge is 0.461 e. The molecule has 0 bridgehead atoms. The number of esters is 3. The minimum atomic E-state index is -1.45. The highest BCUT2D eigenvalue weighted by molar-refractivity contribution is 7.10. The van der Waals surface area contributed by atoms with Crippen LogP contribution in [0, 0.1) is 0 Å². The third-order valence-corrected chi connectivity index (χ3v) is 5.40. The minimum Gasteiger partial charge on any atom is -0.461 e. The van der Waals surface area contributed by atoms with Gasteiger partial charge in [0, 0.05) is 11.6 Å². The molecule has 2 aromatic rings. The second-order valence-electron chi connectivity index (χ2n) is 9.99. The summed E-state index contributed by atoms with van der Waals surface area (Å²) in [4.78, 5) is 47.4. The van der Waals surface area contributed by atoms with E-state index >= 15 is 0 Å². The van der Waals surface area contributed by atoms with Gasteiger partial charge >= 0.3 is 17.9 Å². The number of aromatic nitrogens is 1. The molecule has 1 aromatic heterocycles. The van der Waals surface area contributed by atoms with Crippen LogP contribution < -0.4 is 0 Å². The van der Waals surface area contributed by atoms with Gasteiger partial charge in [0.2, 0.25) is 0 Å². The van der Waals surface area contributed by atoms with E-state index < -0.39 is 34.6 Å². The molecule has 0 aliphatic heterocycles. The number of benzene rings is 1. The maximum atomic E-state index is 13.0. The Kier molecular flexibility index (Phi) is 9.31. The Bertz CT molecular complexity index is 1020. The Morgan fingerprint density at radius 1 is 0.943 bits per heavy atom. The van der Waals surface area contributed by atoms with Crippen molar-refractivity contribution in [2.45, 2.75) is 78.0 Å². The summed E-state index contributed by atoms with van der Waals surface area (Å²) in [6.45, 7) is 12.5. The van der Waals surface area contributed by atoms with Crippen LogP contribution in [0.2, 0.25) is 0 Å². The molecular weight excluding hydrogens is 468 g/mol. The molecule has 0 radical (unpaired) electrons. The summed E-state index contributed by atoms with van der Waals surface area (Å²) in [6.07, 6.45) is 1.03. The fraction of sp³-hybridized carbons (Fsp3) is 0.500. The molecule has 1 heterocycles. The minimum absolute atomic E-state index is 0.0829. The van der Waals surface area contributed by atoms with Gasteiger partial charge in [0.05, 0.1) is 19.4 Å². The predicted octanol–water partition coefficient (Wildman–Crippen LogP) is 5.10. The van der Waals surface area contributed by atoms with Gasteiger partial charge in [-0.15, -0.1) is 11.3 Å². The van der Waals surface area contributed by atoms with E-state index in [1.165, 1.54) is 5.38 Å². The fourth-order valence-corrected chi connectivity index (χ4v) is 4.06. The van der Waals surface area contributed by atoms with E-state index in [1.807, 2.05) is 30.3 Å². The Morgan fingerprint density at radius 3 is 1.97 bits per heavy atom. The number of nitrogens with zero attached hydrogens (tertiary/aromatic N) is 2. The highest BCUT2D eigenvalue weighted by Gasteiger charge is 2.42. The van der Waals surface area contributed by atoms with Crippen molar-refractivity contribution in [1.29, 1.82) is 0 Å². The van der Waals surface area contributed by atoms with Gasteiger partial charge < -0.3 is 14.2 Å². The van der Waals surface area contributed by atoms with Gasteiger partial charge in [-0.1, -0.05) is 30.3 Å². The summed E-state index contributed by atoms with van der Waals surface area (Å²) in [5.41, 5.74) is -2.07. The molecule has 0 aliphatic carbocycles. The van der Waals surface area contributed by atoms with Crippen LogP contribution in [0.5, 0.6) is 0 Å². The zero-order chi connectivity index (χ0) is 26.3. The number of carbonyl (C=O) groups excluding carboxylic acids is 3. The summed E-state index contributed by atoms with van der Waals surface area (Å²) in [6, 6.07) is 9.28. The van der Waals surface area contributed by atoms with Crippen LogP contribution in [-0.4, -0.2) is 46.9 Å². The van der Waals surface area contributed by atoms with Crippen LogP contribution in [0.1, 0.15) is 82.4 Å². The standard InChI is InChI=1S/C26H34N2O6S/c1-8-32-22(31)19-17-35-23(28-19)26(14-20(29)33-24(2,3)4,15-21(30)34-25(5,6)7)27-16-18-12-10-9-11-13-18/h9-13,16-17H,8,14-15H2,1-7H3. The number of hydrogen-bond acceptors (Lipinski definition) is 9. The molecule has 35 heavy (non-hydrogen) atoms. The van der Waals surface area contributed by atoms with Crippen LogP contribution in [0.15, 0.2) is 40.7 Å². The molecule has 9 heteroatoms. The third kappa shape index (κ3) is 9.24. The normalized spacial score (nSPS) is 12.4. The SMILES string of the molecule is CCOC(=O)c1csc(C(CC(=O)OC(C)(C)C)(CC(=O)OC(C)(C)C)N=Cc2ccccc2)n1. The lowest BCUT2D eigenvalue weighted by Crippen LogP contribution is -2.36. The topological polar surface area (TPSA) is 104 Å². The maximum Gasteiger partial charge on any atom is 0.357 e. The summed E-state index contributed by atoms with van der Waals surface area (Å²) >= 11 is 1.12. The predicted molar refractivity (Wildman–Crippen MR) is 135 cm³/mol. The Labute approximate surface area is 210 Å². The Balaban J connectivity index is 2.60. The smallest absolute Gasteiger partial charge is 0.357 e. The fourth-order valence-electron chi connectivity index (χ4n) is 3.12. The second-order valence-corrected chi connectivity index (χ2v) is 10.8.